The van der Waals surface area contributed by atoms with Crippen LogP contribution in [-0.4, -0.2) is 65.3 Å². The molecule has 0 radical (unpaired) electrons. The highest BCUT2D eigenvalue weighted by atomic mass is 35.5. The number of Topliss-reactive ketones (excluding diaryl/α,β-unsaturated/α-hetero) is 2. The zero-order valence-electron chi connectivity index (χ0n) is 41.0. The van der Waals surface area contributed by atoms with E-state index in [4.69, 9.17) is 31.5 Å². The number of nitrogens with two attached hydrogens (primary N) is 1. The molecule has 3 N–H and O–H groups in total. The summed E-state index contributed by atoms with van der Waals surface area (Å²) in [5, 5.41) is 2.13. The van der Waals surface area contributed by atoms with Gasteiger partial charge in [0, 0.05) is 62.1 Å². The Kier molecular flexibility index (Phi) is 18.5. The van der Waals surface area contributed by atoms with E-state index in [-0.39, 0.29) is 64.5 Å². The molecule has 18 heteroatoms. The minimum Gasteiger partial charge on any atom is -0.489 e. The Labute approximate surface area is 434 Å². The van der Waals surface area contributed by atoms with Gasteiger partial charge >= 0.3 is 0 Å². The number of halogens is 1. The zero-order valence-corrected chi connectivity index (χ0v) is 45.1. The number of sulfone groups is 2. The number of amides is 1. The molecule has 0 spiro atoms. The van der Waals surface area contributed by atoms with Crippen LogP contribution in [0.5, 0.6) is 11.5 Å². The third-order valence-electron chi connectivity index (χ3n) is 11.4. The number of ketones is 2. The van der Waals surface area contributed by atoms with E-state index in [1.54, 1.807) is 24.3 Å². The Morgan fingerprint density at radius 3 is 1.51 bits per heavy atom. The van der Waals surface area contributed by atoms with Crippen LogP contribution in [-0.2, 0) is 50.5 Å². The van der Waals surface area contributed by atoms with Crippen LogP contribution in [0.25, 0.3) is 0 Å². The smallest absolute Gasteiger partial charge is 0.266 e. The van der Waals surface area contributed by atoms with Crippen molar-refractivity contribution in [3.63, 3.8) is 0 Å². The molecular formula is C54H59ClN2O11S4. The molecule has 0 unspecified atom stereocenters. The van der Waals surface area contributed by atoms with Crippen molar-refractivity contribution in [3.8, 4) is 11.5 Å². The number of nitrogens with one attached hydrogen (secondary N) is 1. The van der Waals surface area contributed by atoms with Gasteiger partial charge in [0.1, 0.15) is 33.1 Å². The van der Waals surface area contributed by atoms with E-state index in [0.29, 0.717) is 48.6 Å². The van der Waals surface area contributed by atoms with Crippen molar-refractivity contribution in [1.82, 2.24) is 0 Å². The van der Waals surface area contributed by atoms with Gasteiger partial charge in [0.25, 0.3) is 11.1 Å². The molecule has 1 saturated heterocycles. The number of fused-ring (bicyclic) bond motifs is 2. The molecule has 72 heavy (non-hydrogen) atoms. The maximum atomic E-state index is 13.2. The number of rotatable bonds is 11. The fraction of sp³-hybridized carbons (Fsp3) is 0.333. The monoisotopic (exact) mass is 1070 g/mol. The molecule has 2 aromatic heterocycles. The van der Waals surface area contributed by atoms with E-state index < -0.39 is 30.8 Å². The molecule has 6 aromatic rings. The number of ether oxygens (including phenoxy) is 3. The maximum Gasteiger partial charge on any atom is 0.266 e. The number of anilines is 2. The first-order chi connectivity index (χ1) is 33.9. The molecule has 1 amide bonds. The van der Waals surface area contributed by atoms with Crippen molar-refractivity contribution in [2.45, 2.75) is 87.9 Å². The number of hydrogen-bond donors (Lipinski definition) is 2. The molecule has 9 rings (SSSR count). The van der Waals surface area contributed by atoms with Gasteiger partial charge in [-0.3, -0.25) is 19.2 Å². The summed E-state index contributed by atoms with van der Waals surface area (Å²) in [5.41, 5.74) is 9.81. The van der Waals surface area contributed by atoms with Crippen LogP contribution in [0.2, 0.25) is 0 Å². The Bertz CT molecular complexity index is 3140. The number of nitrogen functional groups attached to an aromatic ring is 1. The summed E-state index contributed by atoms with van der Waals surface area (Å²) in [6.45, 7) is 10.7. The molecule has 4 aromatic carbocycles. The van der Waals surface area contributed by atoms with Crippen LogP contribution in [0.1, 0.15) is 116 Å². The van der Waals surface area contributed by atoms with Crippen LogP contribution in [0.15, 0.2) is 118 Å². The molecule has 0 bridgehead atoms. The average molecular weight is 1080 g/mol. The molecule has 3 aliphatic rings. The molecule has 0 atom stereocenters. The SMILES string of the molecule is C1CCOC1.CC1(C)CC(=O)c2c(S(C)(=O)=O)sc(C(=O)Cl)c2C1.CC1(C)CC(=O)c2c(S(C)(=O)=O)sc(C(=O)Nc3cccc(OCc4ccccc4)c3)c2C1.Nc1cccc(OCc2ccccc2)c1. The van der Waals surface area contributed by atoms with Gasteiger partial charge in [-0.25, -0.2) is 16.8 Å². The molecule has 1 aliphatic heterocycles. The van der Waals surface area contributed by atoms with E-state index in [1.165, 1.54) is 12.8 Å². The minimum atomic E-state index is -3.64. The van der Waals surface area contributed by atoms with Crippen molar-refractivity contribution >= 4 is 88.0 Å². The summed E-state index contributed by atoms with van der Waals surface area (Å²) in [6, 6.07) is 34.3. The largest absolute Gasteiger partial charge is 0.489 e. The van der Waals surface area contributed by atoms with Crippen LogP contribution >= 0.6 is 34.3 Å². The minimum absolute atomic E-state index is 0.0249. The lowest BCUT2D eigenvalue weighted by Crippen LogP contribution is -2.28. The van der Waals surface area contributed by atoms with Crippen molar-refractivity contribution < 1.29 is 50.2 Å². The highest BCUT2D eigenvalue weighted by Crippen LogP contribution is 2.45. The topological polar surface area (TPSA) is 202 Å². The fourth-order valence-corrected chi connectivity index (χ4v) is 13.3. The lowest BCUT2D eigenvalue weighted by Gasteiger charge is -2.29. The van der Waals surface area contributed by atoms with Gasteiger partial charge in [-0.1, -0.05) is 100 Å². The number of carbonyl (C=O) groups excluding carboxylic acids is 4. The third-order valence-corrected chi connectivity index (χ3v) is 17.9. The van der Waals surface area contributed by atoms with Gasteiger partial charge in [0.05, 0.1) is 20.9 Å². The molecule has 13 nitrogen and oxygen atoms in total. The quantitative estimate of drug-likeness (QED) is 0.0919. The summed E-state index contributed by atoms with van der Waals surface area (Å²) < 4.78 is 64.5. The molecule has 3 heterocycles. The van der Waals surface area contributed by atoms with Gasteiger partial charge < -0.3 is 25.3 Å². The predicted molar refractivity (Wildman–Crippen MR) is 285 cm³/mol. The summed E-state index contributed by atoms with van der Waals surface area (Å²) in [4.78, 5) is 50.1. The van der Waals surface area contributed by atoms with E-state index in [0.717, 1.165) is 71.0 Å². The molecular weight excluding hydrogens is 1020 g/mol. The Morgan fingerprint density at radius 1 is 0.639 bits per heavy atom. The maximum absolute atomic E-state index is 13.2. The number of hydrogen-bond acceptors (Lipinski definition) is 14. The van der Waals surface area contributed by atoms with Crippen LogP contribution in [0.3, 0.4) is 0 Å². The van der Waals surface area contributed by atoms with E-state index in [9.17, 15) is 36.0 Å². The third kappa shape index (κ3) is 15.4. The summed E-state index contributed by atoms with van der Waals surface area (Å²) >= 11 is 7.19. The lowest BCUT2D eigenvalue weighted by molar-refractivity contribution is 0.0899. The predicted octanol–water partition coefficient (Wildman–Crippen LogP) is 11.5. The first-order valence-corrected chi connectivity index (χ1v) is 28.9. The lowest BCUT2D eigenvalue weighted by atomic mass is 9.74. The highest BCUT2D eigenvalue weighted by Gasteiger charge is 2.41. The van der Waals surface area contributed by atoms with Crippen LogP contribution in [0.4, 0.5) is 11.4 Å². The van der Waals surface area contributed by atoms with Crippen molar-refractivity contribution in [3.05, 3.63) is 152 Å². The fourth-order valence-electron chi connectivity index (χ4n) is 8.23. The second-order valence-corrected chi connectivity index (χ2v) is 26.1. The second kappa shape index (κ2) is 23.9. The summed E-state index contributed by atoms with van der Waals surface area (Å²) in [5.74, 6) is 0.508. The number of carbonyl (C=O) groups is 4. The normalized spacial score (nSPS) is 15.4. The number of thiophene rings is 2. The summed E-state index contributed by atoms with van der Waals surface area (Å²) in [6.07, 6.45) is 6.13. The van der Waals surface area contributed by atoms with Gasteiger partial charge in [0.15, 0.2) is 31.2 Å². The number of benzene rings is 4. The van der Waals surface area contributed by atoms with Gasteiger partial charge in [-0.15, -0.1) is 22.7 Å². The second-order valence-electron chi connectivity index (χ2n) is 19.3. The van der Waals surface area contributed by atoms with E-state index in [1.807, 2.05) is 113 Å². The zero-order chi connectivity index (χ0) is 52.4. The molecule has 2 aliphatic carbocycles. The Balaban J connectivity index is 0.000000182. The van der Waals surface area contributed by atoms with E-state index >= 15 is 0 Å². The first-order valence-electron chi connectivity index (χ1n) is 23.1. The molecule has 1 fully saturated rings. The van der Waals surface area contributed by atoms with Crippen LogP contribution in [0, 0.1) is 10.8 Å². The molecule has 382 valence electrons. The summed E-state index contributed by atoms with van der Waals surface area (Å²) in [7, 11) is -7.18. The molecule has 0 saturated carbocycles. The van der Waals surface area contributed by atoms with Crippen molar-refractivity contribution in [2.24, 2.45) is 10.8 Å². The standard InChI is InChI=1S/C25H25NO5S2.C13H13NO.C12H13ClO4S2.C4H8O/c1-25(2)13-19-21(20(27)14-25)24(33(3,29)30)32-22(19)23(28)26-17-10-7-11-18(12-17)31-15-16-8-5-4-6-9-16;14-12-7-4-8-13(9-12)15-10-11-5-2-1-3-6-11;1-12(2)4-6-8(7(14)5-12)11(19(3,16)17)18-9(6)10(13)15;1-2-4-5-3-1/h4-12H,13-15H2,1-3H3,(H,26,28);1-9H,10,14H2;4-5H2,1-3H3;1-4H2. The Morgan fingerprint density at radius 2 is 1.08 bits per heavy atom. The van der Waals surface area contributed by atoms with Gasteiger partial charge in [-0.05, 0) is 94.6 Å². The van der Waals surface area contributed by atoms with Gasteiger partial charge in [0.2, 0.25) is 0 Å². The average Bonchev–Trinajstić information content (AvgIpc) is 4.10. The van der Waals surface area contributed by atoms with Gasteiger partial charge in [-0.2, -0.15) is 0 Å². The highest BCUT2D eigenvalue weighted by molar-refractivity contribution is 7.93. The van der Waals surface area contributed by atoms with Crippen molar-refractivity contribution in [1.29, 1.82) is 0 Å². The van der Waals surface area contributed by atoms with Crippen LogP contribution < -0.4 is 20.5 Å². The Hall–Kier alpha value is -5.69. The first kappa shape index (κ1) is 55.6. The van der Waals surface area contributed by atoms with E-state index in [2.05, 4.69) is 5.32 Å². The van der Waals surface area contributed by atoms with Crippen molar-refractivity contribution in [2.75, 3.05) is 36.8 Å².